The normalized spacial score (nSPS) is 37.7. The average molecular weight is 334 g/mol. The lowest BCUT2D eigenvalue weighted by molar-refractivity contribution is -0.362. The van der Waals surface area contributed by atoms with Crippen molar-refractivity contribution in [3.8, 4) is 0 Å². The van der Waals surface area contributed by atoms with Gasteiger partial charge in [0.25, 0.3) is 0 Å². The predicted octanol–water partition coefficient (Wildman–Crippen LogP) is -0.200. The first-order valence-electron chi connectivity index (χ1n) is 7.68. The van der Waals surface area contributed by atoms with E-state index in [1.165, 1.54) is 6.92 Å². The molecule has 0 radical (unpaired) electrons. The molecule has 23 heavy (non-hydrogen) atoms. The first kappa shape index (κ1) is 18.6. The second kappa shape index (κ2) is 7.42. The third-order valence-electron chi connectivity index (χ3n) is 4.50. The summed E-state index contributed by atoms with van der Waals surface area (Å²) in [4.78, 5) is 11.3. The highest BCUT2D eigenvalue weighted by Crippen LogP contribution is 2.43. The topological polar surface area (TPSA) is 104 Å². The first-order chi connectivity index (χ1) is 10.8. The standard InChI is InChI=1S/C15H26O8/c1-8(17)22-14-12-11(20-7-21-14)13(19-4)15(2,3)10(23-12)5-9(18)6-16/h9-14,16,18H,5-7H2,1-4H3/t9-,10+,11-,12-,13+,14-/m0/s1. The van der Waals surface area contributed by atoms with Gasteiger partial charge in [-0.3, -0.25) is 4.79 Å². The number of fused-ring (bicyclic) bond motifs is 1. The van der Waals surface area contributed by atoms with Gasteiger partial charge in [0.15, 0.2) is 6.79 Å². The largest absolute Gasteiger partial charge is 0.433 e. The van der Waals surface area contributed by atoms with Crippen LogP contribution < -0.4 is 0 Å². The van der Waals surface area contributed by atoms with Crippen LogP contribution in [0.25, 0.3) is 0 Å². The molecule has 0 amide bonds. The van der Waals surface area contributed by atoms with Gasteiger partial charge in [-0.2, -0.15) is 0 Å². The molecule has 2 saturated heterocycles. The average Bonchev–Trinajstić information content (AvgIpc) is 2.47. The highest BCUT2D eigenvalue weighted by atomic mass is 16.8. The van der Waals surface area contributed by atoms with E-state index in [0.29, 0.717) is 0 Å². The van der Waals surface area contributed by atoms with Crippen molar-refractivity contribution in [2.75, 3.05) is 20.5 Å². The van der Waals surface area contributed by atoms with Crippen LogP contribution in [0.1, 0.15) is 27.2 Å². The number of aliphatic hydroxyl groups excluding tert-OH is 2. The van der Waals surface area contributed by atoms with Crippen molar-refractivity contribution in [3.05, 3.63) is 0 Å². The van der Waals surface area contributed by atoms with E-state index in [-0.39, 0.29) is 25.9 Å². The van der Waals surface area contributed by atoms with Crippen LogP contribution in [0.4, 0.5) is 0 Å². The fourth-order valence-electron chi connectivity index (χ4n) is 3.29. The number of aliphatic hydroxyl groups is 2. The smallest absolute Gasteiger partial charge is 0.305 e. The Labute approximate surface area is 135 Å². The molecule has 2 aliphatic rings. The fourth-order valence-corrected chi connectivity index (χ4v) is 3.29. The number of hydrogen-bond acceptors (Lipinski definition) is 8. The third-order valence-corrected chi connectivity index (χ3v) is 4.50. The molecule has 2 N–H and O–H groups in total. The zero-order chi connectivity index (χ0) is 17.2. The second-order valence-electron chi connectivity index (χ2n) is 6.53. The van der Waals surface area contributed by atoms with Gasteiger partial charge in [0.05, 0.1) is 24.9 Å². The Kier molecular flexibility index (Phi) is 5.99. The lowest BCUT2D eigenvalue weighted by Gasteiger charge is -2.53. The highest BCUT2D eigenvalue weighted by molar-refractivity contribution is 5.66. The Morgan fingerprint density at radius 1 is 1.35 bits per heavy atom. The molecule has 0 spiro atoms. The Morgan fingerprint density at radius 2 is 2.04 bits per heavy atom. The number of rotatable bonds is 5. The molecule has 6 atom stereocenters. The van der Waals surface area contributed by atoms with Gasteiger partial charge in [-0.15, -0.1) is 0 Å². The van der Waals surface area contributed by atoms with Gasteiger partial charge in [-0.1, -0.05) is 13.8 Å². The molecule has 134 valence electrons. The molecule has 2 rings (SSSR count). The summed E-state index contributed by atoms with van der Waals surface area (Å²) in [6.07, 6.45) is -3.49. The monoisotopic (exact) mass is 334 g/mol. The SMILES string of the molecule is CO[C@@H]1[C@H]2OCO[C@@H](OC(C)=O)[C@H]2O[C@H](C[C@H](O)CO)C1(C)C. The van der Waals surface area contributed by atoms with Crippen molar-refractivity contribution in [1.82, 2.24) is 0 Å². The minimum absolute atomic E-state index is 0.0255. The van der Waals surface area contributed by atoms with E-state index < -0.39 is 42.1 Å². The van der Waals surface area contributed by atoms with Crippen LogP contribution in [-0.2, 0) is 28.5 Å². The van der Waals surface area contributed by atoms with E-state index in [0.717, 1.165) is 0 Å². The molecule has 0 aliphatic carbocycles. The molecule has 0 aromatic carbocycles. The van der Waals surface area contributed by atoms with Gasteiger partial charge < -0.3 is 33.9 Å². The summed E-state index contributed by atoms with van der Waals surface area (Å²) in [5, 5.41) is 18.9. The zero-order valence-corrected chi connectivity index (χ0v) is 13.9. The maximum Gasteiger partial charge on any atom is 0.305 e. The van der Waals surface area contributed by atoms with E-state index in [1.54, 1.807) is 7.11 Å². The van der Waals surface area contributed by atoms with Crippen LogP contribution >= 0.6 is 0 Å². The zero-order valence-electron chi connectivity index (χ0n) is 13.9. The van der Waals surface area contributed by atoms with Gasteiger partial charge in [0.1, 0.15) is 12.2 Å². The van der Waals surface area contributed by atoms with Crippen LogP contribution in [0, 0.1) is 5.41 Å². The number of methoxy groups -OCH3 is 1. The van der Waals surface area contributed by atoms with Crippen molar-refractivity contribution in [3.63, 3.8) is 0 Å². The van der Waals surface area contributed by atoms with Gasteiger partial charge in [0, 0.05) is 25.9 Å². The number of hydrogen-bond donors (Lipinski definition) is 2. The highest BCUT2D eigenvalue weighted by Gasteiger charge is 2.56. The van der Waals surface area contributed by atoms with E-state index in [4.69, 9.17) is 28.8 Å². The third kappa shape index (κ3) is 3.84. The van der Waals surface area contributed by atoms with Crippen LogP contribution in [0.5, 0.6) is 0 Å². The van der Waals surface area contributed by atoms with E-state index in [1.807, 2.05) is 13.8 Å². The lowest BCUT2D eigenvalue weighted by atomic mass is 9.72. The molecule has 0 unspecified atom stereocenters. The Balaban J connectivity index is 2.24. The Hall–Kier alpha value is -0.770. The maximum atomic E-state index is 11.3. The van der Waals surface area contributed by atoms with Crippen molar-refractivity contribution >= 4 is 5.97 Å². The summed E-state index contributed by atoms with van der Waals surface area (Å²) < 4.78 is 27.8. The molecule has 0 aromatic rings. The van der Waals surface area contributed by atoms with Crippen molar-refractivity contribution in [1.29, 1.82) is 0 Å². The summed E-state index contributed by atoms with van der Waals surface area (Å²) in [5.74, 6) is -0.481. The molecule has 2 fully saturated rings. The molecule has 0 bridgehead atoms. The molecule has 8 nitrogen and oxygen atoms in total. The summed E-state index contributed by atoms with van der Waals surface area (Å²) in [6, 6.07) is 0. The first-order valence-corrected chi connectivity index (χ1v) is 7.68. The lowest BCUT2D eigenvalue weighted by Crippen LogP contribution is -2.66. The maximum absolute atomic E-state index is 11.3. The minimum atomic E-state index is -0.911. The van der Waals surface area contributed by atoms with Crippen LogP contribution in [0.15, 0.2) is 0 Å². The quantitative estimate of drug-likeness (QED) is 0.666. The minimum Gasteiger partial charge on any atom is -0.433 e. The Morgan fingerprint density at radius 3 is 2.61 bits per heavy atom. The molecular weight excluding hydrogens is 308 g/mol. The molecule has 2 aliphatic heterocycles. The van der Waals surface area contributed by atoms with E-state index >= 15 is 0 Å². The molecule has 0 saturated carbocycles. The van der Waals surface area contributed by atoms with E-state index in [2.05, 4.69) is 0 Å². The summed E-state index contributed by atoms with van der Waals surface area (Å²) in [7, 11) is 1.58. The molecule has 8 heteroatoms. The summed E-state index contributed by atoms with van der Waals surface area (Å²) in [5.41, 5.74) is -0.482. The fraction of sp³-hybridized carbons (Fsp3) is 0.933. The number of ether oxygens (including phenoxy) is 5. The van der Waals surface area contributed by atoms with Gasteiger partial charge in [-0.25, -0.2) is 0 Å². The van der Waals surface area contributed by atoms with Crippen LogP contribution in [-0.4, -0.2) is 73.5 Å². The second-order valence-corrected chi connectivity index (χ2v) is 6.53. The van der Waals surface area contributed by atoms with Crippen molar-refractivity contribution in [2.45, 2.75) is 64.0 Å². The van der Waals surface area contributed by atoms with Crippen molar-refractivity contribution in [2.24, 2.45) is 5.41 Å². The molecule has 0 aromatic heterocycles. The van der Waals surface area contributed by atoms with E-state index in [9.17, 15) is 9.90 Å². The summed E-state index contributed by atoms with van der Waals surface area (Å²) >= 11 is 0. The number of esters is 1. The van der Waals surface area contributed by atoms with Crippen LogP contribution in [0.2, 0.25) is 0 Å². The van der Waals surface area contributed by atoms with Gasteiger partial charge >= 0.3 is 5.97 Å². The number of carbonyl (C=O) groups excluding carboxylic acids is 1. The van der Waals surface area contributed by atoms with Gasteiger partial charge in [-0.05, 0) is 0 Å². The van der Waals surface area contributed by atoms with Gasteiger partial charge in [0.2, 0.25) is 6.29 Å². The summed E-state index contributed by atoms with van der Waals surface area (Å²) in [6.45, 7) is 4.81. The number of carbonyl (C=O) groups is 1. The van der Waals surface area contributed by atoms with Crippen LogP contribution in [0.3, 0.4) is 0 Å². The molecular formula is C15H26O8. The molecule has 2 heterocycles. The Bertz CT molecular complexity index is 412. The van der Waals surface area contributed by atoms with Crippen molar-refractivity contribution < 1.29 is 38.7 Å². The predicted molar refractivity (Wildman–Crippen MR) is 77.3 cm³/mol.